The first-order chi connectivity index (χ1) is 13.5. The van der Waals surface area contributed by atoms with E-state index in [4.69, 9.17) is 0 Å². The molecule has 2 aromatic heterocycles. The molecule has 6 nitrogen and oxygen atoms in total. The molecule has 0 amide bonds. The number of nitrogens with zero attached hydrogens (tertiary/aromatic N) is 3. The van der Waals surface area contributed by atoms with E-state index >= 15 is 0 Å². The fraction of sp³-hybridized carbons (Fsp3) is 0.364. The van der Waals surface area contributed by atoms with E-state index in [-0.39, 0.29) is 17.3 Å². The van der Waals surface area contributed by atoms with Crippen molar-refractivity contribution >= 4 is 28.4 Å². The smallest absolute Gasteiger partial charge is 0.181 e. The number of allylic oxidation sites excluding steroid dienone is 4. The average molecular weight is 375 g/mol. The summed E-state index contributed by atoms with van der Waals surface area (Å²) in [6.07, 6.45) is 9.23. The Balaban J connectivity index is 1.77. The standard InChI is InChI=1S/C22H21N3O3/c1-24(2)9-8-14-21(27)15-10-23-11-25-16-7-6-12-13(4-3-5-17(12)26)18(16)19(20(15)25)22(14)28/h3,5,10-11,14H,4,6-9H2,1-2H3. The van der Waals surface area contributed by atoms with Crippen LogP contribution < -0.4 is 0 Å². The van der Waals surface area contributed by atoms with Crippen LogP contribution in [-0.2, 0) is 11.2 Å². The molecular weight excluding hydrogens is 354 g/mol. The molecule has 142 valence electrons. The zero-order chi connectivity index (χ0) is 19.6. The van der Waals surface area contributed by atoms with Gasteiger partial charge in [0.25, 0.3) is 0 Å². The van der Waals surface area contributed by atoms with Crippen molar-refractivity contribution in [2.75, 3.05) is 20.6 Å². The molecule has 0 N–H and O–H groups in total. The molecule has 0 aliphatic heterocycles. The summed E-state index contributed by atoms with van der Waals surface area (Å²) in [5, 5.41) is 0. The van der Waals surface area contributed by atoms with E-state index in [9.17, 15) is 14.4 Å². The summed E-state index contributed by atoms with van der Waals surface area (Å²) in [5.41, 5.74) is 5.45. The number of fused-ring (bicyclic) bond motifs is 4. The van der Waals surface area contributed by atoms with Crippen LogP contribution in [0.1, 0.15) is 51.2 Å². The number of hydrogen-bond donors (Lipinski definition) is 0. The Kier molecular flexibility index (Phi) is 3.74. The van der Waals surface area contributed by atoms with Crippen molar-refractivity contribution in [1.29, 1.82) is 0 Å². The maximum absolute atomic E-state index is 13.5. The molecule has 3 aliphatic carbocycles. The quantitative estimate of drug-likeness (QED) is 0.771. The molecule has 0 fully saturated rings. The molecule has 0 saturated carbocycles. The molecule has 28 heavy (non-hydrogen) atoms. The number of hydrogen-bond acceptors (Lipinski definition) is 5. The summed E-state index contributed by atoms with van der Waals surface area (Å²) in [6.45, 7) is 0.659. The van der Waals surface area contributed by atoms with Crippen LogP contribution in [0.15, 0.2) is 30.2 Å². The second-order valence-electron chi connectivity index (χ2n) is 8.02. The van der Waals surface area contributed by atoms with E-state index < -0.39 is 5.92 Å². The first-order valence-corrected chi connectivity index (χ1v) is 9.66. The van der Waals surface area contributed by atoms with E-state index in [2.05, 4.69) is 4.98 Å². The molecule has 0 saturated heterocycles. The second-order valence-corrected chi connectivity index (χ2v) is 8.02. The highest BCUT2D eigenvalue weighted by molar-refractivity contribution is 6.28. The van der Waals surface area contributed by atoms with Gasteiger partial charge in [-0.05, 0) is 58.0 Å². The third kappa shape index (κ3) is 2.24. The van der Waals surface area contributed by atoms with Gasteiger partial charge in [0.1, 0.15) is 0 Å². The van der Waals surface area contributed by atoms with Crippen LogP contribution in [0.2, 0.25) is 0 Å². The largest absolute Gasteiger partial charge is 0.309 e. The predicted octanol–water partition coefficient (Wildman–Crippen LogP) is 2.51. The Morgan fingerprint density at radius 2 is 1.93 bits per heavy atom. The molecule has 0 aromatic carbocycles. The molecule has 1 atom stereocenters. The Labute approximate surface area is 162 Å². The Hall–Kier alpha value is -2.86. The SMILES string of the molecule is CN(C)CCC1C(=O)c2cncn3c4c(c(c23)C1=O)C1=C(CC4)C(=O)C=CC1. The Morgan fingerprint density at radius 3 is 2.71 bits per heavy atom. The molecule has 2 heterocycles. The van der Waals surface area contributed by atoms with Crippen molar-refractivity contribution in [2.45, 2.75) is 25.7 Å². The molecule has 0 radical (unpaired) electrons. The summed E-state index contributed by atoms with van der Waals surface area (Å²) < 4.78 is 1.91. The fourth-order valence-electron chi connectivity index (χ4n) is 4.81. The third-order valence-corrected chi connectivity index (χ3v) is 6.12. The lowest BCUT2D eigenvalue weighted by Gasteiger charge is -2.24. The van der Waals surface area contributed by atoms with Crippen molar-refractivity contribution in [1.82, 2.24) is 14.3 Å². The number of carbonyl (C=O) groups excluding carboxylic acids is 3. The normalized spacial score (nSPS) is 21.0. The van der Waals surface area contributed by atoms with Crippen LogP contribution >= 0.6 is 0 Å². The van der Waals surface area contributed by atoms with E-state index in [1.54, 1.807) is 18.6 Å². The lowest BCUT2D eigenvalue weighted by Crippen LogP contribution is -2.32. The summed E-state index contributed by atoms with van der Waals surface area (Å²) in [5.74, 6) is -0.896. The van der Waals surface area contributed by atoms with Crippen molar-refractivity contribution in [3.05, 3.63) is 52.6 Å². The van der Waals surface area contributed by atoms with Gasteiger partial charge in [-0.1, -0.05) is 6.08 Å². The minimum absolute atomic E-state index is 0.0381. The van der Waals surface area contributed by atoms with Gasteiger partial charge in [0.2, 0.25) is 0 Å². The monoisotopic (exact) mass is 375 g/mol. The van der Waals surface area contributed by atoms with Gasteiger partial charge in [-0.3, -0.25) is 14.4 Å². The molecule has 6 heteroatoms. The van der Waals surface area contributed by atoms with Crippen molar-refractivity contribution < 1.29 is 14.4 Å². The van der Waals surface area contributed by atoms with E-state index in [0.717, 1.165) is 22.4 Å². The Bertz CT molecular complexity index is 1130. The molecule has 5 rings (SSSR count). The van der Waals surface area contributed by atoms with Gasteiger partial charge in [0.05, 0.1) is 28.9 Å². The zero-order valence-corrected chi connectivity index (χ0v) is 16.0. The van der Waals surface area contributed by atoms with Crippen LogP contribution in [0.5, 0.6) is 0 Å². The second kappa shape index (κ2) is 6.07. The van der Waals surface area contributed by atoms with Gasteiger partial charge in [-0.25, -0.2) is 4.98 Å². The number of aryl methyl sites for hydroxylation is 1. The molecule has 0 bridgehead atoms. The summed E-state index contributed by atoms with van der Waals surface area (Å²) in [6, 6.07) is 0. The van der Waals surface area contributed by atoms with Crippen LogP contribution in [0.4, 0.5) is 0 Å². The van der Waals surface area contributed by atoms with Gasteiger partial charge in [0.15, 0.2) is 17.3 Å². The number of carbonyl (C=O) groups is 3. The van der Waals surface area contributed by atoms with Crippen molar-refractivity contribution in [3.63, 3.8) is 0 Å². The zero-order valence-electron chi connectivity index (χ0n) is 16.0. The molecule has 3 aliphatic rings. The number of aromatic nitrogens is 2. The first kappa shape index (κ1) is 17.3. The highest BCUT2D eigenvalue weighted by Gasteiger charge is 2.42. The summed E-state index contributed by atoms with van der Waals surface area (Å²) in [4.78, 5) is 45.3. The highest BCUT2D eigenvalue weighted by Crippen LogP contribution is 2.44. The van der Waals surface area contributed by atoms with Gasteiger partial charge in [0, 0.05) is 23.0 Å². The lowest BCUT2D eigenvalue weighted by atomic mass is 9.76. The minimum atomic E-state index is -0.685. The van der Waals surface area contributed by atoms with Crippen LogP contribution in [0.3, 0.4) is 0 Å². The molecule has 2 aromatic rings. The van der Waals surface area contributed by atoms with E-state index in [1.807, 2.05) is 29.5 Å². The number of Topliss-reactive ketones (excluding diaryl/α,β-unsaturated/α-hetero) is 2. The fourth-order valence-corrected chi connectivity index (χ4v) is 4.81. The predicted molar refractivity (Wildman–Crippen MR) is 105 cm³/mol. The van der Waals surface area contributed by atoms with Gasteiger partial charge in [-0.2, -0.15) is 0 Å². The average Bonchev–Trinajstić information content (AvgIpc) is 3.02. The maximum atomic E-state index is 13.5. The van der Waals surface area contributed by atoms with Gasteiger partial charge >= 0.3 is 0 Å². The Morgan fingerprint density at radius 1 is 1.11 bits per heavy atom. The minimum Gasteiger partial charge on any atom is -0.309 e. The number of rotatable bonds is 3. The van der Waals surface area contributed by atoms with E-state index in [1.165, 1.54) is 0 Å². The topological polar surface area (TPSA) is 71.8 Å². The molecule has 1 unspecified atom stereocenters. The van der Waals surface area contributed by atoms with E-state index in [0.29, 0.717) is 48.9 Å². The molecule has 0 spiro atoms. The van der Waals surface area contributed by atoms with Crippen LogP contribution in [-0.4, -0.2) is 52.3 Å². The maximum Gasteiger partial charge on any atom is 0.181 e. The first-order valence-electron chi connectivity index (χ1n) is 9.66. The summed E-state index contributed by atoms with van der Waals surface area (Å²) >= 11 is 0. The van der Waals surface area contributed by atoms with Crippen LogP contribution in [0.25, 0.3) is 11.1 Å². The van der Waals surface area contributed by atoms with Crippen molar-refractivity contribution in [2.24, 2.45) is 5.92 Å². The van der Waals surface area contributed by atoms with Gasteiger partial charge < -0.3 is 9.30 Å². The van der Waals surface area contributed by atoms with Crippen LogP contribution in [0, 0.1) is 5.92 Å². The third-order valence-electron chi connectivity index (χ3n) is 6.12. The van der Waals surface area contributed by atoms with Gasteiger partial charge in [-0.15, -0.1) is 0 Å². The summed E-state index contributed by atoms with van der Waals surface area (Å²) in [7, 11) is 3.87. The number of ketones is 3. The lowest BCUT2D eigenvalue weighted by molar-refractivity contribution is -0.111. The molecular formula is C22H21N3O3. The highest BCUT2D eigenvalue weighted by atomic mass is 16.2. The van der Waals surface area contributed by atoms with Crippen molar-refractivity contribution in [3.8, 4) is 0 Å².